The van der Waals surface area contributed by atoms with Crippen molar-refractivity contribution in [2.24, 2.45) is 11.7 Å². The zero-order chi connectivity index (χ0) is 17.9. The molecule has 0 spiro atoms. The van der Waals surface area contributed by atoms with E-state index in [1.165, 1.54) is 12.1 Å². The summed E-state index contributed by atoms with van der Waals surface area (Å²) in [6.07, 6.45) is 0.571. The van der Waals surface area contributed by atoms with Crippen molar-refractivity contribution in [3.63, 3.8) is 0 Å². The minimum absolute atomic E-state index is 0.0217. The molecule has 0 saturated carbocycles. The second kappa shape index (κ2) is 7.60. The zero-order valence-corrected chi connectivity index (χ0v) is 14.3. The molecule has 1 fully saturated rings. The Morgan fingerprint density at radius 1 is 1.20 bits per heavy atom. The molecule has 2 aromatic carbocycles. The van der Waals surface area contributed by atoms with E-state index in [-0.39, 0.29) is 18.6 Å². The van der Waals surface area contributed by atoms with Crippen LogP contribution in [0.1, 0.15) is 24.5 Å². The van der Waals surface area contributed by atoms with Gasteiger partial charge in [-0.2, -0.15) is 0 Å². The summed E-state index contributed by atoms with van der Waals surface area (Å²) >= 11 is 0. The third-order valence-electron chi connectivity index (χ3n) is 4.90. The standard InChI is InChI=1S/C20H23F2NO2/c1-14-9-17(12-24-11-15-5-3-2-4-6-15)25-13-20(14,23)18-8-7-16(21)10-19(18)22/h2-8,10,14,17H,9,11-13,23H2,1H3/t14-,17-,20+/m1/s1. The molecule has 0 unspecified atom stereocenters. The summed E-state index contributed by atoms with van der Waals surface area (Å²) in [6.45, 7) is 3.13. The first-order chi connectivity index (χ1) is 12.0. The molecule has 2 N–H and O–H groups in total. The van der Waals surface area contributed by atoms with Crippen molar-refractivity contribution in [1.82, 2.24) is 0 Å². The molecule has 1 aliphatic heterocycles. The van der Waals surface area contributed by atoms with Gasteiger partial charge >= 0.3 is 0 Å². The van der Waals surface area contributed by atoms with Crippen molar-refractivity contribution in [3.05, 3.63) is 71.3 Å². The van der Waals surface area contributed by atoms with Gasteiger partial charge in [-0.05, 0) is 24.0 Å². The Bertz CT molecular complexity index is 710. The maximum atomic E-state index is 14.1. The lowest BCUT2D eigenvalue weighted by Gasteiger charge is -2.43. The van der Waals surface area contributed by atoms with E-state index < -0.39 is 17.2 Å². The van der Waals surface area contributed by atoms with E-state index in [9.17, 15) is 8.78 Å². The van der Waals surface area contributed by atoms with Crippen LogP contribution in [-0.4, -0.2) is 19.3 Å². The van der Waals surface area contributed by atoms with Crippen molar-refractivity contribution in [2.45, 2.75) is 31.6 Å². The van der Waals surface area contributed by atoms with Gasteiger partial charge in [-0.3, -0.25) is 0 Å². The van der Waals surface area contributed by atoms with Gasteiger partial charge in [-0.15, -0.1) is 0 Å². The molecule has 25 heavy (non-hydrogen) atoms. The number of hydrogen-bond donors (Lipinski definition) is 1. The maximum Gasteiger partial charge on any atom is 0.131 e. The minimum atomic E-state index is -0.965. The van der Waals surface area contributed by atoms with Gasteiger partial charge < -0.3 is 15.2 Å². The third kappa shape index (κ3) is 4.06. The lowest BCUT2D eigenvalue weighted by atomic mass is 9.75. The lowest BCUT2D eigenvalue weighted by Crippen LogP contribution is -2.53. The average molecular weight is 347 g/mol. The molecule has 3 nitrogen and oxygen atoms in total. The van der Waals surface area contributed by atoms with Crippen molar-refractivity contribution >= 4 is 0 Å². The minimum Gasteiger partial charge on any atom is -0.374 e. The largest absolute Gasteiger partial charge is 0.374 e. The highest BCUT2D eigenvalue weighted by Crippen LogP contribution is 2.37. The van der Waals surface area contributed by atoms with E-state index in [0.717, 1.165) is 11.6 Å². The van der Waals surface area contributed by atoms with Gasteiger partial charge in [0.15, 0.2) is 0 Å². The highest BCUT2D eigenvalue weighted by molar-refractivity contribution is 5.28. The fraction of sp³-hybridized carbons (Fsp3) is 0.400. The van der Waals surface area contributed by atoms with Crippen LogP contribution in [0.4, 0.5) is 8.78 Å². The topological polar surface area (TPSA) is 44.5 Å². The van der Waals surface area contributed by atoms with E-state index in [4.69, 9.17) is 15.2 Å². The van der Waals surface area contributed by atoms with Gasteiger partial charge in [0.1, 0.15) is 11.6 Å². The van der Waals surface area contributed by atoms with Crippen LogP contribution in [0.2, 0.25) is 0 Å². The smallest absolute Gasteiger partial charge is 0.131 e. The molecule has 0 aromatic heterocycles. The number of hydrogen-bond acceptors (Lipinski definition) is 3. The maximum absolute atomic E-state index is 14.1. The summed E-state index contributed by atoms with van der Waals surface area (Å²) in [5.74, 6) is -1.26. The fourth-order valence-electron chi connectivity index (χ4n) is 3.28. The predicted octanol–water partition coefficient (Wildman–Crippen LogP) is 3.76. The zero-order valence-electron chi connectivity index (χ0n) is 14.3. The van der Waals surface area contributed by atoms with Gasteiger partial charge in [0, 0.05) is 11.6 Å². The summed E-state index contributed by atoms with van der Waals surface area (Å²) in [5.41, 5.74) is 6.86. The molecule has 3 atom stereocenters. The van der Waals surface area contributed by atoms with Crippen LogP contribution in [0.25, 0.3) is 0 Å². The van der Waals surface area contributed by atoms with Crippen LogP contribution < -0.4 is 5.73 Å². The number of halogens is 2. The Labute approximate surface area is 146 Å². The monoisotopic (exact) mass is 347 g/mol. The molecule has 0 aliphatic carbocycles. The molecular formula is C20H23F2NO2. The van der Waals surface area contributed by atoms with Crippen LogP contribution in [0, 0.1) is 17.6 Å². The fourth-order valence-corrected chi connectivity index (χ4v) is 3.28. The Balaban J connectivity index is 1.58. The van der Waals surface area contributed by atoms with E-state index in [1.807, 2.05) is 37.3 Å². The Morgan fingerprint density at radius 2 is 1.96 bits per heavy atom. The SMILES string of the molecule is C[C@@H]1C[C@H](COCc2ccccc2)OC[C@@]1(N)c1ccc(F)cc1F. The molecule has 1 heterocycles. The van der Waals surface area contributed by atoms with Crippen LogP contribution in [0.3, 0.4) is 0 Å². The number of benzene rings is 2. The molecule has 0 amide bonds. The Hall–Kier alpha value is -1.82. The molecular weight excluding hydrogens is 324 g/mol. The predicted molar refractivity (Wildman–Crippen MR) is 91.8 cm³/mol. The second-order valence-electron chi connectivity index (χ2n) is 6.74. The van der Waals surface area contributed by atoms with Gasteiger partial charge in [0.2, 0.25) is 0 Å². The normalized spacial score (nSPS) is 26.6. The number of rotatable bonds is 5. The van der Waals surface area contributed by atoms with Crippen molar-refractivity contribution in [2.75, 3.05) is 13.2 Å². The van der Waals surface area contributed by atoms with Gasteiger partial charge in [0.25, 0.3) is 0 Å². The quantitative estimate of drug-likeness (QED) is 0.896. The second-order valence-corrected chi connectivity index (χ2v) is 6.74. The summed E-state index contributed by atoms with van der Waals surface area (Å²) in [6, 6.07) is 13.4. The van der Waals surface area contributed by atoms with E-state index in [1.54, 1.807) is 0 Å². The van der Waals surface area contributed by atoms with Crippen LogP contribution >= 0.6 is 0 Å². The van der Waals surface area contributed by atoms with Crippen molar-refractivity contribution < 1.29 is 18.3 Å². The average Bonchev–Trinajstić information content (AvgIpc) is 2.59. The Kier molecular flexibility index (Phi) is 5.47. The molecule has 0 bridgehead atoms. The Morgan fingerprint density at radius 3 is 2.64 bits per heavy atom. The highest BCUT2D eigenvalue weighted by Gasteiger charge is 2.42. The van der Waals surface area contributed by atoms with Crippen LogP contribution in [-0.2, 0) is 21.6 Å². The summed E-state index contributed by atoms with van der Waals surface area (Å²) in [7, 11) is 0. The lowest BCUT2D eigenvalue weighted by molar-refractivity contribution is -0.0940. The summed E-state index contributed by atoms with van der Waals surface area (Å²) in [4.78, 5) is 0. The van der Waals surface area contributed by atoms with Crippen molar-refractivity contribution in [1.29, 1.82) is 0 Å². The van der Waals surface area contributed by atoms with Crippen LogP contribution in [0.15, 0.2) is 48.5 Å². The molecule has 0 radical (unpaired) electrons. The van der Waals surface area contributed by atoms with Crippen molar-refractivity contribution in [3.8, 4) is 0 Å². The molecule has 2 aromatic rings. The van der Waals surface area contributed by atoms with E-state index in [0.29, 0.717) is 25.2 Å². The van der Waals surface area contributed by atoms with E-state index in [2.05, 4.69) is 0 Å². The third-order valence-corrected chi connectivity index (χ3v) is 4.90. The number of nitrogens with two attached hydrogens (primary N) is 1. The molecule has 5 heteroatoms. The molecule has 1 aliphatic rings. The summed E-state index contributed by atoms with van der Waals surface area (Å²) < 4.78 is 38.9. The first-order valence-electron chi connectivity index (χ1n) is 8.46. The van der Waals surface area contributed by atoms with Crippen LogP contribution in [0.5, 0.6) is 0 Å². The number of ether oxygens (including phenoxy) is 2. The first-order valence-corrected chi connectivity index (χ1v) is 8.46. The molecule has 3 rings (SSSR count). The molecule has 134 valence electrons. The van der Waals surface area contributed by atoms with Gasteiger partial charge in [-0.25, -0.2) is 8.78 Å². The first kappa shape index (κ1) is 18.0. The summed E-state index contributed by atoms with van der Waals surface area (Å²) in [5, 5.41) is 0. The molecule has 1 saturated heterocycles. The van der Waals surface area contributed by atoms with Gasteiger partial charge in [-0.1, -0.05) is 43.3 Å². The van der Waals surface area contributed by atoms with Gasteiger partial charge in [0.05, 0.1) is 31.5 Å². The highest BCUT2D eigenvalue weighted by atomic mass is 19.1. The van der Waals surface area contributed by atoms with E-state index >= 15 is 0 Å².